The van der Waals surface area contributed by atoms with Crippen LogP contribution < -0.4 is 5.69 Å². The molecule has 3 heterocycles. The third-order valence-electron chi connectivity index (χ3n) is 5.43. The van der Waals surface area contributed by atoms with Crippen molar-refractivity contribution in [2.75, 3.05) is 13.1 Å². The lowest BCUT2D eigenvalue weighted by atomic mass is 9.93. The first-order chi connectivity index (χ1) is 14.1. The first-order valence-corrected chi connectivity index (χ1v) is 9.84. The SMILES string of the molecule is Cc1ccccc1-n1c(CC2CCN(C(=O)/C=C/c3ccco3)CC2)n[nH]c1=O. The molecule has 0 aliphatic carbocycles. The lowest BCUT2D eigenvalue weighted by molar-refractivity contribution is -0.127. The third kappa shape index (κ3) is 4.23. The zero-order valence-electron chi connectivity index (χ0n) is 16.4. The number of rotatable bonds is 5. The van der Waals surface area contributed by atoms with Crippen molar-refractivity contribution in [1.29, 1.82) is 0 Å². The number of furan rings is 1. The molecule has 0 bridgehead atoms. The van der Waals surface area contributed by atoms with Gasteiger partial charge in [-0.1, -0.05) is 18.2 Å². The molecule has 7 heteroatoms. The average Bonchev–Trinajstić information content (AvgIpc) is 3.37. The smallest absolute Gasteiger partial charge is 0.347 e. The molecule has 1 fully saturated rings. The predicted octanol–water partition coefficient (Wildman–Crippen LogP) is 2.96. The van der Waals surface area contributed by atoms with Gasteiger partial charge in [0.25, 0.3) is 0 Å². The first kappa shape index (κ1) is 19.0. The van der Waals surface area contributed by atoms with Crippen LogP contribution in [0.15, 0.2) is 57.9 Å². The number of aryl methyl sites for hydroxylation is 1. The Morgan fingerprint density at radius 1 is 1.24 bits per heavy atom. The first-order valence-electron chi connectivity index (χ1n) is 9.84. The third-order valence-corrected chi connectivity index (χ3v) is 5.43. The lowest BCUT2D eigenvalue weighted by Gasteiger charge is -2.31. The van der Waals surface area contributed by atoms with Gasteiger partial charge in [0.1, 0.15) is 11.6 Å². The van der Waals surface area contributed by atoms with E-state index in [0.717, 1.165) is 29.9 Å². The quantitative estimate of drug-likeness (QED) is 0.677. The Labute approximate surface area is 168 Å². The van der Waals surface area contributed by atoms with Gasteiger partial charge in [-0.3, -0.25) is 4.79 Å². The Morgan fingerprint density at radius 2 is 2.03 bits per heavy atom. The number of carbonyl (C=O) groups is 1. The van der Waals surface area contributed by atoms with E-state index in [1.165, 1.54) is 0 Å². The molecule has 3 aromatic rings. The normalized spacial score (nSPS) is 15.3. The second-order valence-corrected chi connectivity index (χ2v) is 7.39. The van der Waals surface area contributed by atoms with E-state index < -0.39 is 0 Å². The predicted molar refractivity (Wildman–Crippen MR) is 110 cm³/mol. The zero-order valence-corrected chi connectivity index (χ0v) is 16.4. The van der Waals surface area contributed by atoms with E-state index in [4.69, 9.17) is 4.42 Å². The molecule has 150 valence electrons. The van der Waals surface area contributed by atoms with Crippen molar-refractivity contribution in [2.24, 2.45) is 5.92 Å². The van der Waals surface area contributed by atoms with Gasteiger partial charge in [-0.25, -0.2) is 14.5 Å². The van der Waals surface area contributed by atoms with Crippen LogP contribution in [-0.2, 0) is 11.2 Å². The Balaban J connectivity index is 1.39. The van der Waals surface area contributed by atoms with Gasteiger partial charge in [-0.05, 0) is 55.5 Å². The van der Waals surface area contributed by atoms with Gasteiger partial charge in [0.2, 0.25) is 5.91 Å². The van der Waals surface area contributed by atoms with Crippen LogP contribution in [0.3, 0.4) is 0 Å². The minimum absolute atomic E-state index is 0.00330. The van der Waals surface area contributed by atoms with Crippen LogP contribution in [0.5, 0.6) is 0 Å². The summed E-state index contributed by atoms with van der Waals surface area (Å²) < 4.78 is 6.88. The van der Waals surface area contributed by atoms with Crippen LogP contribution in [0.1, 0.15) is 30.0 Å². The summed E-state index contributed by atoms with van der Waals surface area (Å²) in [5.74, 6) is 1.79. The Morgan fingerprint density at radius 3 is 2.76 bits per heavy atom. The van der Waals surface area contributed by atoms with Crippen molar-refractivity contribution >= 4 is 12.0 Å². The molecule has 7 nitrogen and oxygen atoms in total. The fraction of sp³-hybridized carbons (Fsp3) is 0.318. The number of hydrogen-bond donors (Lipinski definition) is 1. The van der Waals surface area contributed by atoms with Crippen LogP contribution in [0, 0.1) is 12.8 Å². The number of nitrogens with zero attached hydrogens (tertiary/aromatic N) is 3. The molecule has 1 amide bonds. The molecular weight excluding hydrogens is 368 g/mol. The van der Waals surface area contributed by atoms with Crippen molar-refractivity contribution in [2.45, 2.75) is 26.2 Å². The molecule has 0 radical (unpaired) electrons. The number of piperidine rings is 1. The number of likely N-dealkylation sites (tertiary alicyclic amines) is 1. The van der Waals surface area contributed by atoms with Crippen molar-refractivity contribution in [3.8, 4) is 5.69 Å². The Bertz CT molecular complexity index is 1050. The summed E-state index contributed by atoms with van der Waals surface area (Å²) in [5.41, 5.74) is 1.67. The molecule has 29 heavy (non-hydrogen) atoms. The van der Waals surface area contributed by atoms with Crippen LogP contribution in [-0.4, -0.2) is 38.7 Å². The number of hydrogen-bond acceptors (Lipinski definition) is 4. The molecule has 2 aromatic heterocycles. The van der Waals surface area contributed by atoms with E-state index in [2.05, 4.69) is 10.2 Å². The minimum atomic E-state index is -0.218. The fourth-order valence-corrected chi connectivity index (χ4v) is 3.79. The average molecular weight is 392 g/mol. The van der Waals surface area contributed by atoms with Gasteiger partial charge in [0, 0.05) is 25.6 Å². The van der Waals surface area contributed by atoms with E-state index >= 15 is 0 Å². The standard InChI is InChI=1S/C22H24N4O3/c1-16-5-2-3-7-19(16)26-20(23-24-22(26)28)15-17-10-12-25(13-11-17)21(27)9-8-18-6-4-14-29-18/h2-9,14,17H,10-13,15H2,1H3,(H,24,28)/b9-8+. The Hall–Kier alpha value is -3.35. The summed E-state index contributed by atoms with van der Waals surface area (Å²) in [4.78, 5) is 26.6. The number of aromatic nitrogens is 3. The highest BCUT2D eigenvalue weighted by Gasteiger charge is 2.24. The molecule has 1 aromatic carbocycles. The number of amides is 1. The number of nitrogens with one attached hydrogen (secondary N) is 1. The summed E-state index contributed by atoms with van der Waals surface area (Å²) in [6, 6.07) is 11.4. The van der Waals surface area contributed by atoms with E-state index in [0.29, 0.717) is 31.2 Å². The van der Waals surface area contributed by atoms with Gasteiger partial charge < -0.3 is 9.32 Å². The second kappa shape index (κ2) is 8.34. The molecule has 1 N–H and O–H groups in total. The monoisotopic (exact) mass is 392 g/mol. The molecule has 1 aliphatic rings. The highest BCUT2D eigenvalue weighted by Crippen LogP contribution is 2.22. The topological polar surface area (TPSA) is 84.1 Å². The molecular formula is C22H24N4O3. The largest absolute Gasteiger partial charge is 0.465 e. The van der Waals surface area contributed by atoms with Gasteiger partial charge in [0.15, 0.2) is 0 Å². The maximum absolute atomic E-state index is 12.4. The number of H-pyrrole nitrogens is 1. The number of aromatic amines is 1. The zero-order chi connectivity index (χ0) is 20.2. The molecule has 0 atom stereocenters. The van der Waals surface area contributed by atoms with Crippen molar-refractivity contribution < 1.29 is 9.21 Å². The fourth-order valence-electron chi connectivity index (χ4n) is 3.79. The summed E-state index contributed by atoms with van der Waals surface area (Å²) in [6.45, 7) is 3.38. The highest BCUT2D eigenvalue weighted by atomic mass is 16.3. The van der Waals surface area contributed by atoms with E-state index in [-0.39, 0.29) is 11.6 Å². The molecule has 0 saturated carbocycles. The van der Waals surface area contributed by atoms with E-state index in [9.17, 15) is 9.59 Å². The van der Waals surface area contributed by atoms with Crippen LogP contribution in [0.4, 0.5) is 0 Å². The molecule has 1 saturated heterocycles. The summed E-state index contributed by atoms with van der Waals surface area (Å²) in [7, 11) is 0. The molecule has 0 unspecified atom stereocenters. The maximum atomic E-state index is 12.4. The van der Waals surface area contributed by atoms with Crippen molar-refractivity contribution in [3.05, 3.63) is 76.4 Å². The van der Waals surface area contributed by atoms with Crippen LogP contribution >= 0.6 is 0 Å². The highest BCUT2D eigenvalue weighted by molar-refractivity contribution is 5.91. The number of benzene rings is 1. The summed E-state index contributed by atoms with van der Waals surface area (Å²) in [5, 5.41) is 6.85. The summed E-state index contributed by atoms with van der Waals surface area (Å²) >= 11 is 0. The van der Waals surface area contributed by atoms with Gasteiger partial charge in [-0.15, -0.1) is 0 Å². The Kier molecular flexibility index (Phi) is 5.46. The van der Waals surface area contributed by atoms with Gasteiger partial charge >= 0.3 is 5.69 Å². The summed E-state index contributed by atoms with van der Waals surface area (Å²) in [6.07, 6.45) is 7.31. The van der Waals surface area contributed by atoms with Crippen LogP contribution in [0.2, 0.25) is 0 Å². The maximum Gasteiger partial charge on any atom is 0.347 e. The molecule has 0 spiro atoms. The van der Waals surface area contributed by atoms with E-state index in [1.807, 2.05) is 42.2 Å². The van der Waals surface area contributed by atoms with Gasteiger partial charge in [0.05, 0.1) is 12.0 Å². The van der Waals surface area contributed by atoms with Crippen molar-refractivity contribution in [3.63, 3.8) is 0 Å². The number of para-hydroxylation sites is 1. The van der Waals surface area contributed by atoms with Crippen LogP contribution in [0.25, 0.3) is 11.8 Å². The minimum Gasteiger partial charge on any atom is -0.465 e. The lowest BCUT2D eigenvalue weighted by Crippen LogP contribution is -2.38. The molecule has 1 aliphatic heterocycles. The van der Waals surface area contributed by atoms with Crippen molar-refractivity contribution in [1.82, 2.24) is 19.7 Å². The molecule has 4 rings (SSSR count). The number of carbonyl (C=O) groups excluding carboxylic acids is 1. The van der Waals surface area contributed by atoms with Gasteiger partial charge in [-0.2, -0.15) is 5.10 Å². The van der Waals surface area contributed by atoms with E-state index in [1.54, 1.807) is 29.0 Å². The second-order valence-electron chi connectivity index (χ2n) is 7.39.